The maximum absolute atomic E-state index is 12.5. The Balaban J connectivity index is 1.86. The Morgan fingerprint density at radius 2 is 1.76 bits per heavy atom. The van der Waals surface area contributed by atoms with Crippen molar-refractivity contribution in [2.24, 2.45) is 0 Å². The summed E-state index contributed by atoms with van der Waals surface area (Å²) in [5.74, 6) is -0.0228. The summed E-state index contributed by atoms with van der Waals surface area (Å²) in [4.78, 5) is 2.24. The second-order valence-electron chi connectivity index (χ2n) is 5.81. The summed E-state index contributed by atoms with van der Waals surface area (Å²) in [5.41, 5.74) is 0. The largest absolute Gasteiger partial charge is 0.314 e. The highest BCUT2D eigenvalue weighted by Gasteiger charge is 2.35. The van der Waals surface area contributed by atoms with Crippen LogP contribution < -0.4 is 5.32 Å². The minimum Gasteiger partial charge on any atom is -0.314 e. The van der Waals surface area contributed by atoms with Gasteiger partial charge in [0.15, 0.2) is 0 Å². The summed E-state index contributed by atoms with van der Waals surface area (Å²) in [6.45, 7) is 4.95. The Morgan fingerprint density at radius 3 is 2.33 bits per heavy atom. The SMILES string of the molecule is CN(CCN1CCNCC1)S(=O)(=O)C1CCS(=O)(=O)CC1. The molecule has 0 atom stereocenters. The van der Waals surface area contributed by atoms with Crippen molar-refractivity contribution < 1.29 is 16.8 Å². The first kappa shape index (κ1) is 17.1. The minimum absolute atomic E-state index is 0.0114. The Hall–Kier alpha value is -0.220. The fourth-order valence-corrected chi connectivity index (χ4v) is 6.23. The molecule has 2 heterocycles. The standard InChI is InChI=1S/C12H25N3O4S2/c1-14(8-9-15-6-4-13-5-7-15)21(18,19)12-2-10-20(16,17)11-3-12/h12-13H,2-11H2,1H3. The maximum Gasteiger partial charge on any atom is 0.216 e. The quantitative estimate of drug-likeness (QED) is 0.672. The van der Waals surface area contributed by atoms with Crippen molar-refractivity contribution in [2.75, 3.05) is 57.8 Å². The fourth-order valence-electron chi connectivity index (χ4n) is 2.76. The van der Waals surface area contributed by atoms with Gasteiger partial charge in [-0.3, -0.25) is 4.90 Å². The van der Waals surface area contributed by atoms with Crippen molar-refractivity contribution in [3.8, 4) is 0 Å². The number of rotatable bonds is 5. The van der Waals surface area contributed by atoms with E-state index >= 15 is 0 Å². The highest BCUT2D eigenvalue weighted by molar-refractivity contribution is 7.92. The minimum atomic E-state index is -3.39. The van der Waals surface area contributed by atoms with Crippen molar-refractivity contribution in [3.63, 3.8) is 0 Å². The lowest BCUT2D eigenvalue weighted by Crippen LogP contribution is -2.48. The summed E-state index contributed by atoms with van der Waals surface area (Å²) in [5, 5.41) is 2.71. The van der Waals surface area contributed by atoms with Gasteiger partial charge >= 0.3 is 0 Å². The van der Waals surface area contributed by atoms with E-state index < -0.39 is 25.1 Å². The van der Waals surface area contributed by atoms with Crippen LogP contribution in [0.5, 0.6) is 0 Å². The molecule has 0 aromatic carbocycles. The van der Waals surface area contributed by atoms with Crippen molar-refractivity contribution in [1.82, 2.24) is 14.5 Å². The molecule has 2 rings (SSSR count). The number of nitrogens with zero attached hydrogens (tertiary/aromatic N) is 2. The normalized spacial score (nSPS) is 25.2. The number of hydrogen-bond donors (Lipinski definition) is 1. The van der Waals surface area contributed by atoms with Gasteiger partial charge < -0.3 is 5.32 Å². The smallest absolute Gasteiger partial charge is 0.216 e. The molecule has 0 amide bonds. The number of nitrogens with one attached hydrogen (secondary N) is 1. The Bertz CT molecular complexity index is 527. The fraction of sp³-hybridized carbons (Fsp3) is 1.00. The van der Waals surface area contributed by atoms with Crippen LogP contribution in [-0.4, -0.2) is 89.1 Å². The summed E-state index contributed by atoms with van der Waals surface area (Å²) in [6, 6.07) is 0. The molecule has 124 valence electrons. The molecule has 9 heteroatoms. The van der Waals surface area contributed by atoms with Crippen LogP contribution in [-0.2, 0) is 19.9 Å². The van der Waals surface area contributed by atoms with Crippen molar-refractivity contribution in [2.45, 2.75) is 18.1 Å². The van der Waals surface area contributed by atoms with E-state index in [1.807, 2.05) is 0 Å². The third-order valence-electron chi connectivity index (χ3n) is 4.30. The molecule has 0 radical (unpaired) electrons. The average Bonchev–Trinajstić information content (AvgIpc) is 2.45. The van der Waals surface area contributed by atoms with Gasteiger partial charge in [0, 0.05) is 46.3 Å². The molecule has 2 aliphatic heterocycles. The second-order valence-corrected chi connectivity index (χ2v) is 10.4. The molecule has 0 spiro atoms. The summed E-state index contributed by atoms with van der Waals surface area (Å²) in [7, 11) is -4.82. The van der Waals surface area contributed by atoms with Crippen LogP contribution in [0.15, 0.2) is 0 Å². The molecule has 0 unspecified atom stereocenters. The maximum atomic E-state index is 12.5. The number of piperazine rings is 1. The van der Waals surface area contributed by atoms with Crippen LogP contribution in [0.2, 0.25) is 0 Å². The average molecular weight is 339 g/mol. The monoisotopic (exact) mass is 339 g/mol. The Morgan fingerprint density at radius 1 is 1.19 bits per heavy atom. The van der Waals surface area contributed by atoms with Gasteiger partial charge in [-0.2, -0.15) is 0 Å². The van der Waals surface area contributed by atoms with E-state index in [4.69, 9.17) is 0 Å². The van der Waals surface area contributed by atoms with Gasteiger partial charge in [-0.25, -0.2) is 21.1 Å². The highest BCUT2D eigenvalue weighted by Crippen LogP contribution is 2.21. The number of sulfone groups is 1. The van der Waals surface area contributed by atoms with E-state index in [0.29, 0.717) is 6.54 Å². The molecule has 21 heavy (non-hydrogen) atoms. The van der Waals surface area contributed by atoms with Crippen LogP contribution in [0.25, 0.3) is 0 Å². The van der Waals surface area contributed by atoms with Crippen LogP contribution in [0.3, 0.4) is 0 Å². The predicted molar refractivity (Wildman–Crippen MR) is 82.5 cm³/mol. The lowest BCUT2D eigenvalue weighted by atomic mass is 10.2. The predicted octanol–water partition coefficient (Wildman–Crippen LogP) is -1.27. The third kappa shape index (κ3) is 4.62. The van der Waals surface area contributed by atoms with Gasteiger partial charge in [-0.05, 0) is 12.8 Å². The van der Waals surface area contributed by atoms with Crippen LogP contribution in [0.4, 0.5) is 0 Å². The number of hydrogen-bond acceptors (Lipinski definition) is 6. The first-order chi connectivity index (χ1) is 9.81. The van der Waals surface area contributed by atoms with E-state index in [9.17, 15) is 16.8 Å². The van der Waals surface area contributed by atoms with E-state index in [-0.39, 0.29) is 24.3 Å². The molecule has 0 aromatic rings. The first-order valence-electron chi connectivity index (χ1n) is 7.40. The Kier molecular flexibility index (Phi) is 5.64. The number of sulfonamides is 1. The summed E-state index contributed by atoms with van der Waals surface area (Å²) >= 11 is 0. The lowest BCUT2D eigenvalue weighted by molar-refractivity contribution is 0.229. The van der Waals surface area contributed by atoms with Gasteiger partial charge in [0.25, 0.3) is 0 Å². The lowest BCUT2D eigenvalue weighted by Gasteiger charge is -2.31. The molecule has 0 bridgehead atoms. The molecule has 2 aliphatic rings. The molecule has 2 fully saturated rings. The van der Waals surface area contributed by atoms with Gasteiger partial charge in [-0.15, -0.1) is 0 Å². The van der Waals surface area contributed by atoms with E-state index in [1.54, 1.807) is 7.05 Å². The van der Waals surface area contributed by atoms with E-state index in [1.165, 1.54) is 4.31 Å². The third-order valence-corrected chi connectivity index (χ3v) is 8.38. The van der Waals surface area contributed by atoms with Crippen LogP contribution in [0.1, 0.15) is 12.8 Å². The van der Waals surface area contributed by atoms with Crippen LogP contribution >= 0.6 is 0 Å². The van der Waals surface area contributed by atoms with Crippen molar-refractivity contribution in [1.29, 1.82) is 0 Å². The first-order valence-corrected chi connectivity index (χ1v) is 10.7. The molecular formula is C12H25N3O4S2. The molecule has 1 N–H and O–H groups in total. The number of likely N-dealkylation sites (N-methyl/N-ethyl adjacent to an activating group) is 1. The van der Waals surface area contributed by atoms with Crippen molar-refractivity contribution >= 4 is 19.9 Å². The molecule has 2 saturated heterocycles. The molecule has 7 nitrogen and oxygen atoms in total. The van der Waals surface area contributed by atoms with Crippen LogP contribution in [0, 0.1) is 0 Å². The zero-order chi connectivity index (χ0) is 15.5. The second kappa shape index (κ2) is 6.91. The molecule has 0 aliphatic carbocycles. The van der Waals surface area contributed by atoms with E-state index in [2.05, 4.69) is 10.2 Å². The zero-order valence-electron chi connectivity index (χ0n) is 12.5. The molecule has 0 saturated carbocycles. The van der Waals surface area contributed by atoms with Crippen molar-refractivity contribution in [3.05, 3.63) is 0 Å². The van der Waals surface area contributed by atoms with Gasteiger partial charge in [0.1, 0.15) is 9.84 Å². The Labute approximate surface area is 127 Å². The van der Waals surface area contributed by atoms with Gasteiger partial charge in [-0.1, -0.05) is 0 Å². The topological polar surface area (TPSA) is 86.8 Å². The van der Waals surface area contributed by atoms with E-state index in [0.717, 1.165) is 32.7 Å². The summed E-state index contributed by atoms with van der Waals surface area (Å²) < 4.78 is 49.1. The highest BCUT2D eigenvalue weighted by atomic mass is 32.2. The van der Waals surface area contributed by atoms with Gasteiger partial charge in [0.05, 0.1) is 16.8 Å². The molecule has 0 aromatic heterocycles. The molecular weight excluding hydrogens is 314 g/mol. The zero-order valence-corrected chi connectivity index (χ0v) is 14.1. The van der Waals surface area contributed by atoms with Gasteiger partial charge in [0.2, 0.25) is 10.0 Å². The summed E-state index contributed by atoms with van der Waals surface area (Å²) in [6.07, 6.45) is 0.450.